The van der Waals surface area contributed by atoms with Crippen LogP contribution in [0.4, 0.5) is 16.2 Å². The molecule has 0 atom stereocenters. The first kappa shape index (κ1) is 21.7. The zero-order valence-electron chi connectivity index (χ0n) is 18.1. The maximum absolute atomic E-state index is 12.5. The van der Waals surface area contributed by atoms with Crippen molar-refractivity contribution in [2.45, 2.75) is 12.8 Å². The molecule has 0 unspecified atom stereocenters. The van der Waals surface area contributed by atoms with Crippen molar-refractivity contribution in [1.82, 2.24) is 15.1 Å². The fourth-order valence-corrected chi connectivity index (χ4v) is 4.09. The van der Waals surface area contributed by atoms with Gasteiger partial charge in [0.25, 0.3) is 5.91 Å². The maximum Gasteiger partial charge on any atom is 0.319 e. The van der Waals surface area contributed by atoms with E-state index in [4.69, 9.17) is 0 Å². The van der Waals surface area contributed by atoms with E-state index in [9.17, 15) is 14.4 Å². The fraction of sp³-hybridized carbons (Fsp3) is 0.375. The van der Waals surface area contributed by atoms with Gasteiger partial charge in [0.15, 0.2) is 0 Å². The van der Waals surface area contributed by atoms with Crippen LogP contribution < -0.4 is 15.5 Å². The van der Waals surface area contributed by atoms with Gasteiger partial charge >= 0.3 is 6.03 Å². The Morgan fingerprint density at radius 2 is 1.41 bits per heavy atom. The third-order valence-corrected chi connectivity index (χ3v) is 5.94. The first-order chi connectivity index (χ1) is 15.6. The molecule has 0 spiro atoms. The molecule has 0 bridgehead atoms. The van der Waals surface area contributed by atoms with E-state index in [1.165, 1.54) is 0 Å². The Balaban J connectivity index is 1.19. The van der Waals surface area contributed by atoms with Crippen molar-refractivity contribution >= 4 is 29.2 Å². The molecule has 2 aliphatic rings. The van der Waals surface area contributed by atoms with Gasteiger partial charge in [-0.05, 0) is 49.2 Å². The number of rotatable bonds is 5. The number of carbonyl (C=O) groups is 3. The Hall–Kier alpha value is -3.55. The minimum Gasteiger partial charge on any atom is -0.368 e. The van der Waals surface area contributed by atoms with E-state index >= 15 is 0 Å². The summed E-state index contributed by atoms with van der Waals surface area (Å²) in [6.45, 7) is 4.35. The summed E-state index contributed by atoms with van der Waals surface area (Å²) >= 11 is 0. The van der Waals surface area contributed by atoms with Crippen LogP contribution in [0.3, 0.4) is 0 Å². The molecule has 0 aliphatic carbocycles. The van der Waals surface area contributed by atoms with Crippen molar-refractivity contribution in [3.63, 3.8) is 0 Å². The highest BCUT2D eigenvalue weighted by atomic mass is 16.2. The van der Waals surface area contributed by atoms with Gasteiger partial charge in [-0.2, -0.15) is 0 Å². The number of hydrogen-bond donors (Lipinski definition) is 2. The highest BCUT2D eigenvalue weighted by Crippen LogP contribution is 2.16. The first-order valence-electron chi connectivity index (χ1n) is 11.1. The van der Waals surface area contributed by atoms with Crippen LogP contribution >= 0.6 is 0 Å². The van der Waals surface area contributed by atoms with Crippen LogP contribution in [0.25, 0.3) is 0 Å². The van der Waals surface area contributed by atoms with E-state index in [0.29, 0.717) is 24.3 Å². The SMILES string of the molecule is O=C(NCC(=O)N1CCN(c2ccccc2)CC1)Nc1ccc(C(=O)N2CCCC2)cc1. The van der Waals surface area contributed by atoms with Crippen molar-refractivity contribution in [2.75, 3.05) is 56.0 Å². The van der Waals surface area contributed by atoms with Gasteiger partial charge in [0.1, 0.15) is 0 Å². The molecule has 32 heavy (non-hydrogen) atoms. The van der Waals surface area contributed by atoms with Gasteiger partial charge in [-0.3, -0.25) is 9.59 Å². The smallest absolute Gasteiger partial charge is 0.319 e. The number of likely N-dealkylation sites (tertiary alicyclic amines) is 1. The number of anilines is 2. The van der Waals surface area contributed by atoms with Crippen molar-refractivity contribution in [3.8, 4) is 0 Å². The predicted octanol–water partition coefficient (Wildman–Crippen LogP) is 2.39. The summed E-state index contributed by atoms with van der Waals surface area (Å²) in [5.41, 5.74) is 2.34. The summed E-state index contributed by atoms with van der Waals surface area (Å²) in [5, 5.41) is 5.33. The van der Waals surface area contributed by atoms with Gasteiger partial charge in [0, 0.05) is 56.2 Å². The zero-order valence-corrected chi connectivity index (χ0v) is 18.1. The van der Waals surface area contributed by atoms with Crippen LogP contribution in [-0.2, 0) is 4.79 Å². The van der Waals surface area contributed by atoms with Crippen LogP contribution in [0.15, 0.2) is 54.6 Å². The highest BCUT2D eigenvalue weighted by Gasteiger charge is 2.22. The molecule has 2 fully saturated rings. The second-order valence-electron chi connectivity index (χ2n) is 8.09. The number of benzene rings is 2. The van der Waals surface area contributed by atoms with Gasteiger partial charge in [0.2, 0.25) is 5.91 Å². The van der Waals surface area contributed by atoms with E-state index in [1.807, 2.05) is 23.1 Å². The predicted molar refractivity (Wildman–Crippen MR) is 124 cm³/mol. The summed E-state index contributed by atoms with van der Waals surface area (Å²) in [4.78, 5) is 42.9. The minimum atomic E-state index is -0.445. The van der Waals surface area contributed by atoms with Crippen LogP contribution in [-0.4, -0.2) is 73.5 Å². The number of para-hydroxylation sites is 1. The topological polar surface area (TPSA) is 85.0 Å². The lowest BCUT2D eigenvalue weighted by Crippen LogP contribution is -2.51. The number of nitrogens with zero attached hydrogens (tertiary/aromatic N) is 3. The molecule has 0 aromatic heterocycles. The number of amides is 4. The summed E-state index contributed by atoms with van der Waals surface area (Å²) < 4.78 is 0. The molecule has 2 saturated heterocycles. The summed E-state index contributed by atoms with van der Waals surface area (Å²) in [7, 11) is 0. The van der Waals surface area contributed by atoms with Crippen LogP contribution in [0.2, 0.25) is 0 Å². The zero-order chi connectivity index (χ0) is 22.3. The monoisotopic (exact) mass is 435 g/mol. The maximum atomic E-state index is 12.5. The number of urea groups is 1. The van der Waals surface area contributed by atoms with Crippen LogP contribution in [0.1, 0.15) is 23.2 Å². The Bertz CT molecular complexity index is 934. The van der Waals surface area contributed by atoms with Crippen molar-refractivity contribution < 1.29 is 14.4 Å². The Labute approximate surface area is 188 Å². The van der Waals surface area contributed by atoms with Gasteiger partial charge < -0.3 is 25.3 Å². The molecule has 2 heterocycles. The third kappa shape index (κ3) is 5.38. The molecule has 4 amide bonds. The van der Waals surface area contributed by atoms with E-state index in [2.05, 4.69) is 27.7 Å². The van der Waals surface area contributed by atoms with Crippen LogP contribution in [0, 0.1) is 0 Å². The largest absolute Gasteiger partial charge is 0.368 e. The fourth-order valence-electron chi connectivity index (χ4n) is 4.09. The molecule has 2 aliphatic heterocycles. The van der Waals surface area contributed by atoms with Gasteiger partial charge in [-0.15, -0.1) is 0 Å². The average molecular weight is 436 g/mol. The van der Waals surface area contributed by atoms with Crippen molar-refractivity contribution in [3.05, 3.63) is 60.2 Å². The average Bonchev–Trinajstić information content (AvgIpc) is 3.38. The number of carbonyl (C=O) groups excluding carboxylic acids is 3. The lowest BCUT2D eigenvalue weighted by atomic mass is 10.2. The molecule has 168 valence electrons. The summed E-state index contributed by atoms with van der Waals surface area (Å²) in [6.07, 6.45) is 2.10. The molecule has 0 saturated carbocycles. The van der Waals surface area contributed by atoms with Crippen molar-refractivity contribution in [2.24, 2.45) is 0 Å². The molecular weight excluding hydrogens is 406 g/mol. The first-order valence-corrected chi connectivity index (χ1v) is 11.1. The third-order valence-electron chi connectivity index (χ3n) is 5.94. The molecule has 2 aromatic carbocycles. The van der Waals surface area contributed by atoms with E-state index in [0.717, 1.165) is 44.7 Å². The summed E-state index contributed by atoms with van der Waals surface area (Å²) in [6, 6.07) is 16.5. The van der Waals surface area contributed by atoms with Crippen LogP contribution in [0.5, 0.6) is 0 Å². The normalized spacial score (nSPS) is 16.1. The Morgan fingerprint density at radius 3 is 2.06 bits per heavy atom. The van der Waals surface area contributed by atoms with Gasteiger partial charge in [0.05, 0.1) is 6.54 Å². The standard InChI is InChI=1S/C24H29N5O3/c30-22(28-16-14-27(15-17-28)21-6-2-1-3-7-21)18-25-24(32)26-20-10-8-19(9-11-20)23(31)29-12-4-5-13-29/h1-3,6-11H,4-5,12-18H2,(H2,25,26,32). The molecule has 2 aromatic rings. The highest BCUT2D eigenvalue weighted by molar-refractivity contribution is 5.96. The Kier molecular flexibility index (Phi) is 6.89. The lowest BCUT2D eigenvalue weighted by Gasteiger charge is -2.36. The van der Waals surface area contributed by atoms with Gasteiger partial charge in [-0.25, -0.2) is 4.79 Å². The molecule has 8 heteroatoms. The molecule has 8 nitrogen and oxygen atoms in total. The van der Waals surface area contributed by atoms with E-state index < -0.39 is 6.03 Å². The molecular formula is C24H29N5O3. The quantitative estimate of drug-likeness (QED) is 0.755. The number of hydrogen-bond acceptors (Lipinski definition) is 4. The number of piperazine rings is 1. The van der Waals surface area contributed by atoms with E-state index in [1.54, 1.807) is 29.2 Å². The lowest BCUT2D eigenvalue weighted by molar-refractivity contribution is -0.130. The number of nitrogens with one attached hydrogen (secondary N) is 2. The molecule has 4 rings (SSSR count). The minimum absolute atomic E-state index is 0.0245. The molecule has 0 radical (unpaired) electrons. The second-order valence-corrected chi connectivity index (χ2v) is 8.09. The summed E-state index contributed by atoms with van der Waals surface area (Å²) in [5.74, 6) is -0.0733. The second kappa shape index (κ2) is 10.2. The van der Waals surface area contributed by atoms with Gasteiger partial charge in [-0.1, -0.05) is 18.2 Å². The molecule has 2 N–H and O–H groups in total. The van der Waals surface area contributed by atoms with Crippen molar-refractivity contribution in [1.29, 1.82) is 0 Å². The van der Waals surface area contributed by atoms with E-state index in [-0.39, 0.29) is 18.4 Å². The Morgan fingerprint density at radius 1 is 0.750 bits per heavy atom.